The molecule has 1 heterocycles. The third-order valence-electron chi connectivity index (χ3n) is 3.03. The second kappa shape index (κ2) is 6.98. The van der Waals surface area contributed by atoms with Gasteiger partial charge in [0.05, 0.1) is 5.92 Å². The van der Waals surface area contributed by atoms with Crippen LogP contribution in [0, 0.1) is 5.92 Å². The molecule has 2 N–H and O–H groups in total. The molecule has 6 nitrogen and oxygen atoms in total. The molecule has 1 saturated heterocycles. The molecule has 1 fully saturated rings. The summed E-state index contributed by atoms with van der Waals surface area (Å²) in [6, 6.07) is 0. The molecule has 0 aromatic rings. The number of nitrogens with zero attached hydrogens (tertiary/aromatic N) is 1. The van der Waals surface area contributed by atoms with E-state index in [9.17, 15) is 14.4 Å². The molecule has 2 amide bonds. The maximum atomic E-state index is 11.6. The van der Waals surface area contributed by atoms with E-state index in [1.807, 2.05) is 6.92 Å². The maximum Gasteiger partial charge on any atom is 0.308 e. The smallest absolute Gasteiger partial charge is 0.308 e. The molecule has 0 saturated carbocycles. The fourth-order valence-corrected chi connectivity index (χ4v) is 1.92. The minimum absolute atomic E-state index is 0.0595. The number of piperidine rings is 1. The lowest BCUT2D eigenvalue weighted by Gasteiger charge is -2.30. The monoisotopic (exact) mass is 256 g/mol. The first-order valence-electron chi connectivity index (χ1n) is 6.31. The highest BCUT2D eigenvalue weighted by molar-refractivity contribution is 5.81. The van der Waals surface area contributed by atoms with Crippen LogP contribution in [0.1, 0.15) is 32.6 Å². The van der Waals surface area contributed by atoms with Gasteiger partial charge in [0, 0.05) is 32.5 Å². The molecule has 18 heavy (non-hydrogen) atoms. The first kappa shape index (κ1) is 14.5. The Balaban J connectivity index is 2.37. The lowest BCUT2D eigenvalue weighted by Crippen LogP contribution is -2.44. The Morgan fingerprint density at radius 3 is 2.83 bits per heavy atom. The summed E-state index contributed by atoms with van der Waals surface area (Å²) in [7, 11) is 0. The average molecular weight is 256 g/mol. The Labute approximate surface area is 106 Å². The molecule has 0 aromatic heterocycles. The number of hydrogen-bond donors (Lipinski definition) is 2. The topological polar surface area (TPSA) is 86.7 Å². The Morgan fingerprint density at radius 2 is 2.22 bits per heavy atom. The van der Waals surface area contributed by atoms with Gasteiger partial charge < -0.3 is 15.3 Å². The molecule has 102 valence electrons. The van der Waals surface area contributed by atoms with E-state index in [-0.39, 0.29) is 31.2 Å². The van der Waals surface area contributed by atoms with Crippen molar-refractivity contribution in [3.05, 3.63) is 0 Å². The van der Waals surface area contributed by atoms with E-state index in [1.54, 1.807) is 0 Å². The van der Waals surface area contributed by atoms with Gasteiger partial charge in [0.2, 0.25) is 11.8 Å². The molecule has 1 aliphatic rings. The highest BCUT2D eigenvalue weighted by Crippen LogP contribution is 2.17. The minimum Gasteiger partial charge on any atom is -0.481 e. The number of hydrogen-bond acceptors (Lipinski definition) is 3. The predicted molar refractivity (Wildman–Crippen MR) is 64.9 cm³/mol. The summed E-state index contributed by atoms with van der Waals surface area (Å²) < 4.78 is 0. The molecular formula is C12H20N2O4. The summed E-state index contributed by atoms with van der Waals surface area (Å²) in [5.41, 5.74) is 0. The summed E-state index contributed by atoms with van der Waals surface area (Å²) in [5.74, 6) is -1.53. The van der Waals surface area contributed by atoms with Crippen LogP contribution in [0.3, 0.4) is 0 Å². The van der Waals surface area contributed by atoms with Crippen molar-refractivity contribution in [2.75, 3.05) is 19.6 Å². The van der Waals surface area contributed by atoms with Gasteiger partial charge in [0.15, 0.2) is 0 Å². The lowest BCUT2D eigenvalue weighted by molar-refractivity contribution is -0.147. The molecule has 1 atom stereocenters. The fourth-order valence-electron chi connectivity index (χ4n) is 1.92. The first-order valence-corrected chi connectivity index (χ1v) is 6.31. The summed E-state index contributed by atoms with van der Waals surface area (Å²) in [6.45, 7) is 3.11. The number of aliphatic carboxylic acids is 1. The summed E-state index contributed by atoms with van der Waals surface area (Å²) in [6.07, 6.45) is 1.76. The summed E-state index contributed by atoms with van der Waals surface area (Å²) in [4.78, 5) is 35.3. The molecule has 1 unspecified atom stereocenters. The zero-order valence-electron chi connectivity index (χ0n) is 10.6. The quantitative estimate of drug-likeness (QED) is 0.712. The lowest BCUT2D eigenvalue weighted by atomic mass is 9.97. The summed E-state index contributed by atoms with van der Waals surface area (Å²) >= 11 is 0. The van der Waals surface area contributed by atoms with Gasteiger partial charge >= 0.3 is 5.97 Å². The van der Waals surface area contributed by atoms with Crippen LogP contribution in [0.25, 0.3) is 0 Å². The van der Waals surface area contributed by atoms with Crippen molar-refractivity contribution in [2.24, 2.45) is 5.92 Å². The van der Waals surface area contributed by atoms with Crippen molar-refractivity contribution in [3.8, 4) is 0 Å². The molecule has 1 rings (SSSR count). The third-order valence-corrected chi connectivity index (χ3v) is 3.03. The van der Waals surface area contributed by atoms with Crippen LogP contribution in [-0.4, -0.2) is 47.4 Å². The molecule has 0 aromatic carbocycles. The maximum absolute atomic E-state index is 11.6. The predicted octanol–water partition coefficient (Wildman–Crippen LogP) is 0.226. The molecule has 0 spiro atoms. The zero-order chi connectivity index (χ0) is 13.5. The Hall–Kier alpha value is -1.59. The van der Waals surface area contributed by atoms with Gasteiger partial charge in [0.1, 0.15) is 0 Å². The van der Waals surface area contributed by atoms with E-state index in [4.69, 9.17) is 5.11 Å². The summed E-state index contributed by atoms with van der Waals surface area (Å²) in [5, 5.41) is 11.6. The molecule has 0 bridgehead atoms. The van der Waals surface area contributed by atoms with Crippen LogP contribution in [0.2, 0.25) is 0 Å². The Bertz CT molecular complexity index is 330. The van der Waals surface area contributed by atoms with Crippen LogP contribution in [0.15, 0.2) is 0 Å². The highest BCUT2D eigenvalue weighted by Gasteiger charge is 2.29. The molecule has 0 aliphatic carbocycles. The van der Waals surface area contributed by atoms with Crippen molar-refractivity contribution < 1.29 is 19.5 Å². The van der Waals surface area contributed by atoms with E-state index in [1.165, 1.54) is 4.90 Å². The van der Waals surface area contributed by atoms with Gasteiger partial charge in [-0.15, -0.1) is 0 Å². The van der Waals surface area contributed by atoms with Crippen LogP contribution in [0.5, 0.6) is 0 Å². The largest absolute Gasteiger partial charge is 0.481 e. The van der Waals surface area contributed by atoms with E-state index in [2.05, 4.69) is 5.32 Å². The molecule has 6 heteroatoms. The number of nitrogens with one attached hydrogen (secondary N) is 1. The average Bonchev–Trinajstić information content (AvgIpc) is 2.35. The van der Waals surface area contributed by atoms with Gasteiger partial charge in [-0.2, -0.15) is 0 Å². The van der Waals surface area contributed by atoms with Crippen LogP contribution in [0.4, 0.5) is 0 Å². The van der Waals surface area contributed by atoms with Crippen LogP contribution < -0.4 is 5.32 Å². The van der Waals surface area contributed by atoms with Crippen molar-refractivity contribution in [1.29, 1.82) is 0 Å². The molecule has 0 radical (unpaired) electrons. The van der Waals surface area contributed by atoms with Crippen molar-refractivity contribution in [3.63, 3.8) is 0 Å². The van der Waals surface area contributed by atoms with E-state index < -0.39 is 11.9 Å². The number of carbonyl (C=O) groups excluding carboxylic acids is 2. The highest BCUT2D eigenvalue weighted by atomic mass is 16.4. The van der Waals surface area contributed by atoms with Gasteiger partial charge in [-0.05, 0) is 12.8 Å². The van der Waals surface area contributed by atoms with E-state index in [0.29, 0.717) is 19.5 Å². The van der Waals surface area contributed by atoms with Crippen LogP contribution >= 0.6 is 0 Å². The number of amides is 2. The number of carbonyl (C=O) groups is 3. The van der Waals surface area contributed by atoms with Gasteiger partial charge in [-0.25, -0.2) is 0 Å². The third kappa shape index (κ3) is 4.35. The number of carboxylic acid groups (broad SMARTS) is 1. The van der Waals surface area contributed by atoms with Crippen LogP contribution in [-0.2, 0) is 14.4 Å². The van der Waals surface area contributed by atoms with E-state index >= 15 is 0 Å². The minimum atomic E-state index is -0.872. The number of carboxylic acids is 1. The Morgan fingerprint density at radius 1 is 1.50 bits per heavy atom. The molecule has 1 aliphatic heterocycles. The van der Waals surface area contributed by atoms with Gasteiger partial charge in [-0.1, -0.05) is 6.92 Å². The normalized spacial score (nSPS) is 19.7. The van der Waals surface area contributed by atoms with E-state index in [0.717, 1.165) is 6.42 Å². The van der Waals surface area contributed by atoms with Gasteiger partial charge in [-0.3, -0.25) is 14.4 Å². The number of rotatable bonds is 6. The fraction of sp³-hybridized carbons (Fsp3) is 0.750. The zero-order valence-corrected chi connectivity index (χ0v) is 10.6. The standard InChI is InChI=1S/C12H20N2O4/c1-2-6-13-10(15)5-7-14-8-9(12(17)18)3-4-11(14)16/h9H,2-8H2,1H3,(H,13,15)(H,17,18). The second-order valence-electron chi connectivity index (χ2n) is 4.51. The van der Waals surface area contributed by atoms with Gasteiger partial charge in [0.25, 0.3) is 0 Å². The van der Waals surface area contributed by atoms with Crippen molar-refractivity contribution in [1.82, 2.24) is 10.2 Å². The SMILES string of the molecule is CCCNC(=O)CCN1CC(C(=O)O)CCC1=O. The Kier molecular flexibility index (Phi) is 5.61. The molecular weight excluding hydrogens is 236 g/mol. The second-order valence-corrected chi connectivity index (χ2v) is 4.51. The number of likely N-dealkylation sites (tertiary alicyclic amines) is 1. The van der Waals surface area contributed by atoms with Crippen molar-refractivity contribution >= 4 is 17.8 Å². The van der Waals surface area contributed by atoms with Crippen molar-refractivity contribution in [2.45, 2.75) is 32.6 Å². The first-order chi connectivity index (χ1) is 8.54.